The first-order chi connectivity index (χ1) is 11.4. The van der Waals surface area contributed by atoms with Crippen molar-refractivity contribution in [2.24, 2.45) is 0 Å². The largest absolute Gasteiger partial charge is 0.433 e. The van der Waals surface area contributed by atoms with Crippen LogP contribution in [-0.4, -0.2) is 19.9 Å². The van der Waals surface area contributed by atoms with Crippen LogP contribution in [0.2, 0.25) is 0 Å². The Morgan fingerprint density at radius 3 is 2.54 bits per heavy atom. The maximum absolute atomic E-state index is 12.7. The van der Waals surface area contributed by atoms with Crippen molar-refractivity contribution in [3.8, 4) is 11.3 Å². The number of aromatic nitrogens is 4. The fraction of sp³-hybridized carbons (Fsp3) is 0.125. The van der Waals surface area contributed by atoms with Crippen molar-refractivity contribution in [2.45, 2.75) is 13.1 Å². The summed E-state index contributed by atoms with van der Waals surface area (Å²) < 4.78 is 38.2. The van der Waals surface area contributed by atoms with Crippen molar-refractivity contribution >= 4 is 11.6 Å². The summed E-state index contributed by atoms with van der Waals surface area (Å²) in [5, 5.41) is 2.80. The minimum atomic E-state index is -4.52. The molecule has 122 valence electrons. The summed E-state index contributed by atoms with van der Waals surface area (Å²) in [5.74, 6) is -0.125. The van der Waals surface area contributed by atoms with Crippen LogP contribution in [0.4, 0.5) is 24.8 Å². The Morgan fingerprint density at radius 1 is 1.00 bits per heavy atom. The van der Waals surface area contributed by atoms with Gasteiger partial charge in [-0.15, -0.1) is 0 Å². The van der Waals surface area contributed by atoms with E-state index in [0.717, 1.165) is 23.4 Å². The summed E-state index contributed by atoms with van der Waals surface area (Å²) in [6.45, 7) is 1.87. The molecule has 2 aromatic heterocycles. The molecule has 0 aliphatic carbocycles. The third-order valence-corrected chi connectivity index (χ3v) is 3.14. The van der Waals surface area contributed by atoms with Crippen LogP contribution < -0.4 is 5.32 Å². The summed E-state index contributed by atoms with van der Waals surface area (Å²) in [7, 11) is 0. The molecular formula is C16H12F3N5. The lowest BCUT2D eigenvalue weighted by atomic mass is 10.1. The van der Waals surface area contributed by atoms with Crippen LogP contribution in [0, 0.1) is 6.92 Å². The van der Waals surface area contributed by atoms with E-state index < -0.39 is 11.9 Å². The zero-order valence-electron chi connectivity index (χ0n) is 12.5. The van der Waals surface area contributed by atoms with Gasteiger partial charge < -0.3 is 5.32 Å². The van der Waals surface area contributed by atoms with Gasteiger partial charge in [-0.3, -0.25) is 9.97 Å². The van der Waals surface area contributed by atoms with Crippen LogP contribution in [0.5, 0.6) is 0 Å². The molecule has 0 bridgehead atoms. The van der Waals surface area contributed by atoms with Gasteiger partial charge in [0.05, 0.1) is 11.9 Å². The van der Waals surface area contributed by atoms with Crippen molar-refractivity contribution in [1.82, 2.24) is 19.9 Å². The third-order valence-electron chi connectivity index (χ3n) is 3.14. The number of rotatable bonds is 3. The number of benzene rings is 1. The molecule has 8 heteroatoms. The zero-order chi connectivity index (χ0) is 17.2. The number of hydrogen-bond donors (Lipinski definition) is 1. The lowest BCUT2D eigenvalue weighted by Gasteiger charge is -2.10. The minimum Gasteiger partial charge on any atom is -0.324 e. The first-order valence-electron chi connectivity index (χ1n) is 6.97. The molecule has 0 spiro atoms. The molecule has 0 saturated carbocycles. The smallest absolute Gasteiger partial charge is 0.324 e. The van der Waals surface area contributed by atoms with Crippen molar-refractivity contribution in [3.63, 3.8) is 0 Å². The SMILES string of the molecule is Cc1cc(Nc2nccc(C(F)(F)F)n2)cc(-c2cnccn2)c1. The quantitative estimate of drug-likeness (QED) is 0.786. The minimum absolute atomic E-state index is 0.125. The van der Waals surface area contributed by atoms with Gasteiger partial charge in [-0.05, 0) is 36.8 Å². The fourth-order valence-corrected chi connectivity index (χ4v) is 2.16. The molecule has 0 saturated heterocycles. The Balaban J connectivity index is 1.92. The summed E-state index contributed by atoms with van der Waals surface area (Å²) in [5.41, 5.74) is 1.93. The van der Waals surface area contributed by atoms with Crippen LogP contribution in [0.15, 0.2) is 49.1 Å². The number of aryl methyl sites for hydroxylation is 1. The number of alkyl halides is 3. The highest BCUT2D eigenvalue weighted by Gasteiger charge is 2.32. The van der Waals surface area contributed by atoms with Crippen molar-refractivity contribution in [3.05, 3.63) is 60.3 Å². The first kappa shape index (κ1) is 15.9. The van der Waals surface area contributed by atoms with Gasteiger partial charge in [-0.25, -0.2) is 9.97 Å². The number of nitrogens with zero attached hydrogens (tertiary/aromatic N) is 4. The average Bonchev–Trinajstić information content (AvgIpc) is 2.54. The van der Waals surface area contributed by atoms with Gasteiger partial charge in [0, 0.05) is 29.8 Å². The Labute approximate surface area is 135 Å². The average molecular weight is 331 g/mol. The second kappa shape index (κ2) is 6.23. The maximum atomic E-state index is 12.7. The molecule has 0 aliphatic heterocycles. The van der Waals surface area contributed by atoms with E-state index in [1.165, 1.54) is 0 Å². The van der Waals surface area contributed by atoms with Crippen molar-refractivity contribution < 1.29 is 13.2 Å². The normalized spacial score (nSPS) is 11.3. The molecule has 0 radical (unpaired) electrons. The molecule has 0 atom stereocenters. The summed E-state index contributed by atoms with van der Waals surface area (Å²) in [4.78, 5) is 15.6. The van der Waals surface area contributed by atoms with E-state index in [9.17, 15) is 13.2 Å². The highest BCUT2D eigenvalue weighted by atomic mass is 19.4. The lowest BCUT2D eigenvalue weighted by molar-refractivity contribution is -0.141. The van der Waals surface area contributed by atoms with Crippen LogP contribution in [0.3, 0.4) is 0 Å². The van der Waals surface area contributed by atoms with Gasteiger partial charge in [0.25, 0.3) is 0 Å². The Kier molecular flexibility index (Phi) is 4.11. The molecule has 1 N–H and O–H groups in total. The predicted molar refractivity (Wildman–Crippen MR) is 82.5 cm³/mol. The number of halogens is 3. The lowest BCUT2D eigenvalue weighted by Crippen LogP contribution is -2.10. The second-order valence-electron chi connectivity index (χ2n) is 5.07. The van der Waals surface area contributed by atoms with Crippen molar-refractivity contribution in [1.29, 1.82) is 0 Å². The molecule has 3 rings (SSSR count). The van der Waals surface area contributed by atoms with Gasteiger partial charge in [0.2, 0.25) is 5.95 Å². The molecule has 1 aromatic carbocycles. The number of anilines is 2. The van der Waals surface area contributed by atoms with Gasteiger partial charge in [0.1, 0.15) is 5.69 Å². The van der Waals surface area contributed by atoms with E-state index in [1.807, 2.05) is 13.0 Å². The fourth-order valence-electron chi connectivity index (χ4n) is 2.16. The molecular weight excluding hydrogens is 319 g/mol. The molecule has 24 heavy (non-hydrogen) atoms. The highest BCUT2D eigenvalue weighted by Crippen LogP contribution is 2.29. The number of nitrogens with one attached hydrogen (secondary N) is 1. The topological polar surface area (TPSA) is 63.6 Å². The Morgan fingerprint density at radius 2 is 1.83 bits per heavy atom. The Bertz CT molecular complexity index is 850. The van der Waals surface area contributed by atoms with Gasteiger partial charge in [-0.1, -0.05) is 0 Å². The van der Waals surface area contributed by atoms with Gasteiger partial charge in [0.15, 0.2) is 0 Å². The molecule has 5 nitrogen and oxygen atoms in total. The molecule has 0 aliphatic rings. The Hall–Kier alpha value is -3.03. The third kappa shape index (κ3) is 3.65. The maximum Gasteiger partial charge on any atom is 0.433 e. The highest BCUT2D eigenvalue weighted by molar-refractivity contribution is 5.68. The van der Waals surface area contributed by atoms with E-state index >= 15 is 0 Å². The molecule has 0 unspecified atom stereocenters. The summed E-state index contributed by atoms with van der Waals surface area (Å²) in [6.07, 6.45) is 1.29. The monoisotopic (exact) mass is 331 g/mol. The molecule has 2 heterocycles. The zero-order valence-corrected chi connectivity index (χ0v) is 12.5. The molecule has 3 aromatic rings. The summed E-state index contributed by atoms with van der Waals surface area (Å²) in [6, 6.07) is 6.26. The molecule has 0 amide bonds. The van der Waals surface area contributed by atoms with E-state index in [4.69, 9.17) is 0 Å². The van der Waals surface area contributed by atoms with E-state index in [0.29, 0.717) is 11.4 Å². The van der Waals surface area contributed by atoms with E-state index in [-0.39, 0.29) is 5.95 Å². The van der Waals surface area contributed by atoms with E-state index in [1.54, 1.807) is 30.7 Å². The number of hydrogen-bond acceptors (Lipinski definition) is 5. The van der Waals surface area contributed by atoms with Crippen LogP contribution >= 0.6 is 0 Å². The standard InChI is InChI=1S/C16H12F3N5/c1-10-6-11(13-9-20-4-5-21-13)8-12(7-10)23-15-22-3-2-14(24-15)16(17,18)19/h2-9H,1H3,(H,22,23,24). The van der Waals surface area contributed by atoms with E-state index in [2.05, 4.69) is 25.3 Å². The summed E-state index contributed by atoms with van der Waals surface area (Å²) >= 11 is 0. The first-order valence-corrected chi connectivity index (χ1v) is 6.97. The van der Waals surface area contributed by atoms with Crippen LogP contribution in [0.25, 0.3) is 11.3 Å². The van der Waals surface area contributed by atoms with Crippen LogP contribution in [0.1, 0.15) is 11.3 Å². The van der Waals surface area contributed by atoms with Gasteiger partial charge >= 0.3 is 6.18 Å². The predicted octanol–water partition coefficient (Wildman–Crippen LogP) is 4.00. The molecule has 0 fully saturated rings. The van der Waals surface area contributed by atoms with Gasteiger partial charge in [-0.2, -0.15) is 13.2 Å². The van der Waals surface area contributed by atoms with Crippen LogP contribution in [-0.2, 0) is 6.18 Å². The second-order valence-corrected chi connectivity index (χ2v) is 5.07. The van der Waals surface area contributed by atoms with Crippen molar-refractivity contribution in [2.75, 3.05) is 5.32 Å².